The number of hydrogen-bond donors (Lipinski definition) is 2. The lowest BCUT2D eigenvalue weighted by atomic mass is 9.90. The first-order chi connectivity index (χ1) is 11.1. The van der Waals surface area contributed by atoms with Crippen molar-refractivity contribution in [1.82, 2.24) is 10.9 Å². The Morgan fingerprint density at radius 1 is 0.870 bits per heavy atom. The topological polar surface area (TPSA) is 58.2 Å². The van der Waals surface area contributed by atoms with Crippen molar-refractivity contribution in [3.8, 4) is 0 Å². The standard InChI is InChI=1S/C18H17BrN2O2/c19-16-8-4-3-7-15(16)18(23)21-20-17(22)14-10-9-12-5-1-2-6-13(12)11-14/h3-4,7-11H,1-2,5-6H2,(H,20,22)(H,21,23). The Morgan fingerprint density at radius 2 is 1.57 bits per heavy atom. The average Bonchev–Trinajstić information content (AvgIpc) is 2.59. The fraction of sp³-hybridized carbons (Fsp3) is 0.222. The van der Waals surface area contributed by atoms with Crippen LogP contribution >= 0.6 is 15.9 Å². The molecule has 0 aliphatic heterocycles. The molecule has 0 unspecified atom stereocenters. The zero-order valence-electron chi connectivity index (χ0n) is 12.6. The first-order valence-corrected chi connectivity index (χ1v) is 8.41. The number of hydrazine groups is 1. The van der Waals surface area contributed by atoms with Gasteiger partial charge < -0.3 is 0 Å². The first kappa shape index (κ1) is 15.7. The molecular formula is C18H17BrN2O2. The summed E-state index contributed by atoms with van der Waals surface area (Å²) in [5.74, 6) is -0.664. The molecular weight excluding hydrogens is 356 g/mol. The smallest absolute Gasteiger partial charge is 0.267 e. The number of carbonyl (C=O) groups is 2. The van der Waals surface area contributed by atoms with Crippen LogP contribution in [-0.2, 0) is 12.8 Å². The van der Waals surface area contributed by atoms with E-state index < -0.39 is 0 Å². The molecule has 118 valence electrons. The van der Waals surface area contributed by atoms with Gasteiger partial charge in [0, 0.05) is 10.0 Å². The maximum atomic E-state index is 12.2. The Labute approximate surface area is 143 Å². The Morgan fingerprint density at radius 3 is 2.35 bits per heavy atom. The highest BCUT2D eigenvalue weighted by atomic mass is 79.9. The van der Waals surface area contributed by atoms with Gasteiger partial charge in [0.25, 0.3) is 11.8 Å². The molecule has 1 aliphatic carbocycles. The van der Waals surface area contributed by atoms with Gasteiger partial charge in [-0.25, -0.2) is 0 Å². The highest BCUT2D eigenvalue weighted by Crippen LogP contribution is 2.22. The fourth-order valence-electron chi connectivity index (χ4n) is 2.77. The molecule has 0 fully saturated rings. The molecule has 0 aromatic heterocycles. The monoisotopic (exact) mass is 372 g/mol. The van der Waals surface area contributed by atoms with Crippen molar-refractivity contribution in [2.45, 2.75) is 25.7 Å². The molecule has 0 saturated heterocycles. The van der Waals surface area contributed by atoms with Crippen LogP contribution in [0.15, 0.2) is 46.9 Å². The van der Waals surface area contributed by atoms with Gasteiger partial charge in [-0.2, -0.15) is 0 Å². The summed E-state index contributed by atoms with van der Waals surface area (Å²) in [6.07, 6.45) is 4.47. The lowest BCUT2D eigenvalue weighted by molar-refractivity contribution is 0.0846. The summed E-state index contributed by atoms with van der Waals surface area (Å²) >= 11 is 3.32. The molecule has 0 radical (unpaired) electrons. The van der Waals surface area contributed by atoms with Crippen LogP contribution < -0.4 is 10.9 Å². The Kier molecular flexibility index (Phi) is 4.76. The van der Waals surface area contributed by atoms with Crippen LogP contribution in [0.3, 0.4) is 0 Å². The second-order valence-electron chi connectivity index (χ2n) is 5.58. The molecule has 2 amide bonds. The number of benzene rings is 2. The third-order valence-electron chi connectivity index (χ3n) is 4.02. The van der Waals surface area contributed by atoms with Crippen molar-refractivity contribution in [1.29, 1.82) is 0 Å². The number of aryl methyl sites for hydroxylation is 2. The van der Waals surface area contributed by atoms with Gasteiger partial charge in [0.2, 0.25) is 0 Å². The van der Waals surface area contributed by atoms with Crippen LogP contribution in [0.5, 0.6) is 0 Å². The van der Waals surface area contributed by atoms with Crippen molar-refractivity contribution in [3.05, 3.63) is 69.2 Å². The van der Waals surface area contributed by atoms with Crippen LogP contribution in [-0.4, -0.2) is 11.8 Å². The molecule has 1 aliphatic rings. The third-order valence-corrected chi connectivity index (χ3v) is 4.71. The minimum Gasteiger partial charge on any atom is -0.267 e. The predicted octanol–water partition coefficient (Wildman–Crippen LogP) is 3.40. The third kappa shape index (κ3) is 3.62. The molecule has 0 bridgehead atoms. The summed E-state index contributed by atoms with van der Waals surface area (Å²) in [5.41, 5.74) is 8.52. The zero-order chi connectivity index (χ0) is 16.2. The van der Waals surface area contributed by atoms with Gasteiger partial charge in [0.1, 0.15) is 0 Å². The van der Waals surface area contributed by atoms with Gasteiger partial charge in [0.05, 0.1) is 5.56 Å². The molecule has 4 nitrogen and oxygen atoms in total. The van der Waals surface area contributed by atoms with Crippen LogP contribution in [0.25, 0.3) is 0 Å². The Balaban J connectivity index is 1.66. The summed E-state index contributed by atoms with van der Waals surface area (Å²) < 4.78 is 0.681. The van der Waals surface area contributed by atoms with Gasteiger partial charge in [0.15, 0.2) is 0 Å². The summed E-state index contributed by atoms with van der Waals surface area (Å²) in [4.78, 5) is 24.3. The minimum atomic E-state index is -0.358. The van der Waals surface area contributed by atoms with Crippen molar-refractivity contribution in [2.75, 3.05) is 0 Å². The average molecular weight is 373 g/mol. The van der Waals surface area contributed by atoms with E-state index in [1.807, 2.05) is 24.3 Å². The normalized spacial score (nSPS) is 13.1. The second kappa shape index (κ2) is 6.96. The largest absolute Gasteiger partial charge is 0.270 e. The van der Waals surface area contributed by atoms with Crippen molar-refractivity contribution in [2.24, 2.45) is 0 Å². The second-order valence-corrected chi connectivity index (χ2v) is 6.43. The predicted molar refractivity (Wildman–Crippen MR) is 92.2 cm³/mol. The van der Waals surface area contributed by atoms with E-state index >= 15 is 0 Å². The molecule has 0 heterocycles. The van der Waals surface area contributed by atoms with Crippen LogP contribution in [0, 0.1) is 0 Å². The number of carbonyl (C=O) groups excluding carboxylic acids is 2. The maximum Gasteiger partial charge on any atom is 0.270 e. The van der Waals surface area contributed by atoms with E-state index in [4.69, 9.17) is 0 Å². The van der Waals surface area contributed by atoms with Gasteiger partial charge in [-0.15, -0.1) is 0 Å². The van der Waals surface area contributed by atoms with Gasteiger partial charge in [-0.1, -0.05) is 18.2 Å². The van der Waals surface area contributed by atoms with E-state index in [-0.39, 0.29) is 11.8 Å². The molecule has 23 heavy (non-hydrogen) atoms. The molecule has 2 aromatic rings. The zero-order valence-corrected chi connectivity index (χ0v) is 14.2. The van der Waals surface area contributed by atoms with Crippen molar-refractivity contribution >= 4 is 27.7 Å². The van der Waals surface area contributed by atoms with Gasteiger partial charge in [-0.05, 0) is 77.0 Å². The Bertz CT molecular complexity index is 758. The molecule has 3 rings (SSSR count). The number of rotatable bonds is 2. The molecule has 0 saturated carbocycles. The van der Waals surface area contributed by atoms with Crippen LogP contribution in [0.4, 0.5) is 0 Å². The summed E-state index contributed by atoms with van der Waals surface area (Å²) in [6, 6.07) is 12.8. The van der Waals surface area contributed by atoms with E-state index in [0.29, 0.717) is 15.6 Å². The van der Waals surface area contributed by atoms with E-state index in [2.05, 4.69) is 26.8 Å². The van der Waals surface area contributed by atoms with Gasteiger partial charge in [-0.3, -0.25) is 20.4 Å². The number of fused-ring (bicyclic) bond motifs is 1. The van der Waals surface area contributed by atoms with E-state index in [9.17, 15) is 9.59 Å². The maximum absolute atomic E-state index is 12.2. The SMILES string of the molecule is O=C(NNC(=O)c1ccccc1Br)c1ccc2c(c1)CCCC2. The Hall–Kier alpha value is -2.14. The van der Waals surface area contributed by atoms with Crippen LogP contribution in [0.2, 0.25) is 0 Å². The number of nitrogens with one attached hydrogen (secondary N) is 2. The van der Waals surface area contributed by atoms with E-state index in [1.54, 1.807) is 18.2 Å². The molecule has 2 N–H and O–H groups in total. The van der Waals surface area contributed by atoms with Crippen molar-refractivity contribution < 1.29 is 9.59 Å². The molecule has 2 aromatic carbocycles. The van der Waals surface area contributed by atoms with Crippen molar-refractivity contribution in [3.63, 3.8) is 0 Å². The van der Waals surface area contributed by atoms with E-state index in [0.717, 1.165) is 19.3 Å². The minimum absolute atomic E-state index is 0.307. The quantitative estimate of drug-likeness (QED) is 0.793. The lowest BCUT2D eigenvalue weighted by Crippen LogP contribution is -2.41. The lowest BCUT2D eigenvalue weighted by Gasteiger charge is -2.16. The van der Waals surface area contributed by atoms with Crippen LogP contribution in [0.1, 0.15) is 44.7 Å². The number of halogens is 1. The summed E-state index contributed by atoms with van der Waals surface area (Å²) in [7, 11) is 0. The first-order valence-electron chi connectivity index (χ1n) is 7.62. The summed E-state index contributed by atoms with van der Waals surface area (Å²) in [6.45, 7) is 0. The summed E-state index contributed by atoms with van der Waals surface area (Å²) in [5, 5.41) is 0. The highest BCUT2D eigenvalue weighted by Gasteiger charge is 2.14. The number of hydrogen-bond acceptors (Lipinski definition) is 2. The molecule has 0 atom stereocenters. The van der Waals surface area contributed by atoms with E-state index in [1.165, 1.54) is 17.5 Å². The number of amides is 2. The fourth-order valence-corrected chi connectivity index (χ4v) is 3.24. The molecule has 5 heteroatoms. The molecule has 0 spiro atoms. The van der Waals surface area contributed by atoms with Gasteiger partial charge >= 0.3 is 0 Å². The highest BCUT2D eigenvalue weighted by molar-refractivity contribution is 9.10.